The molecular weight excluding hydrogens is 174 g/mol. The van der Waals surface area contributed by atoms with Gasteiger partial charge in [0.1, 0.15) is 0 Å². The van der Waals surface area contributed by atoms with E-state index >= 15 is 0 Å². The Balaban J connectivity index is 1.88. The van der Waals surface area contributed by atoms with Crippen molar-refractivity contribution in [3.63, 3.8) is 0 Å². The van der Waals surface area contributed by atoms with Crippen LogP contribution in [0.2, 0.25) is 0 Å². The molecule has 1 N–H and O–H groups in total. The lowest BCUT2D eigenvalue weighted by Gasteiger charge is -2.14. The average Bonchev–Trinajstić information content (AvgIpc) is 2.84. The molecular formula is C11H19N3. The molecule has 2 rings (SSSR count). The Hall–Kier alpha value is -0.990. The van der Waals surface area contributed by atoms with Gasteiger partial charge in [-0.2, -0.15) is 0 Å². The number of imidazole rings is 1. The lowest BCUT2D eigenvalue weighted by Crippen LogP contribution is -2.18. The molecule has 1 unspecified atom stereocenters. The van der Waals surface area contributed by atoms with E-state index in [1.165, 1.54) is 19.3 Å². The highest BCUT2D eigenvalue weighted by Gasteiger charge is 2.23. The van der Waals surface area contributed by atoms with E-state index in [9.17, 15) is 0 Å². The van der Waals surface area contributed by atoms with Gasteiger partial charge in [-0.1, -0.05) is 12.8 Å². The number of nitrogens with zero attached hydrogens (tertiary/aromatic N) is 2. The van der Waals surface area contributed by atoms with E-state index in [1.54, 1.807) is 0 Å². The fraction of sp³-hybridized carbons (Fsp3) is 0.727. The maximum atomic E-state index is 4.31. The van der Waals surface area contributed by atoms with Crippen LogP contribution in [0.5, 0.6) is 0 Å². The van der Waals surface area contributed by atoms with Crippen LogP contribution in [0.1, 0.15) is 33.1 Å². The Morgan fingerprint density at radius 2 is 2.43 bits per heavy atom. The molecule has 78 valence electrons. The summed E-state index contributed by atoms with van der Waals surface area (Å²) in [7, 11) is 0. The largest absolute Gasteiger partial charge is 0.353 e. The zero-order valence-corrected chi connectivity index (χ0v) is 9.03. The third kappa shape index (κ3) is 2.28. The summed E-state index contributed by atoms with van der Waals surface area (Å²) in [5, 5.41) is 3.46. The van der Waals surface area contributed by atoms with E-state index in [-0.39, 0.29) is 0 Å². The van der Waals surface area contributed by atoms with Gasteiger partial charge in [-0.25, -0.2) is 4.98 Å². The van der Waals surface area contributed by atoms with Crippen LogP contribution in [-0.2, 0) is 6.54 Å². The van der Waals surface area contributed by atoms with Crippen LogP contribution in [0, 0.1) is 5.92 Å². The van der Waals surface area contributed by atoms with Gasteiger partial charge in [0.15, 0.2) is 0 Å². The molecule has 0 amide bonds. The topological polar surface area (TPSA) is 29.9 Å². The summed E-state index contributed by atoms with van der Waals surface area (Å²) in [5.41, 5.74) is 0. The molecule has 1 saturated carbocycles. The summed E-state index contributed by atoms with van der Waals surface area (Å²) in [4.78, 5) is 4.31. The number of rotatable bonds is 5. The lowest BCUT2D eigenvalue weighted by atomic mass is 10.2. The third-order valence-corrected chi connectivity index (χ3v) is 2.82. The summed E-state index contributed by atoms with van der Waals surface area (Å²) in [5.74, 6) is 1.99. The standard InChI is InChI=1S/C11H19N3/c1-3-14-7-6-12-11(14)13-9(2)8-10-4-5-10/h6-7,9-10H,3-5,8H2,1-2H3,(H,12,13). The zero-order valence-electron chi connectivity index (χ0n) is 9.03. The summed E-state index contributed by atoms with van der Waals surface area (Å²) in [6, 6.07) is 0.551. The minimum Gasteiger partial charge on any atom is -0.353 e. The normalized spacial score (nSPS) is 18.1. The molecule has 1 aliphatic rings. The van der Waals surface area contributed by atoms with Crippen molar-refractivity contribution < 1.29 is 0 Å². The summed E-state index contributed by atoms with van der Waals surface area (Å²) >= 11 is 0. The van der Waals surface area contributed by atoms with Crippen molar-refractivity contribution in [1.82, 2.24) is 9.55 Å². The first-order chi connectivity index (χ1) is 6.79. The highest BCUT2D eigenvalue weighted by molar-refractivity contribution is 5.27. The fourth-order valence-corrected chi connectivity index (χ4v) is 1.84. The molecule has 14 heavy (non-hydrogen) atoms. The molecule has 0 radical (unpaired) electrons. The van der Waals surface area contributed by atoms with Gasteiger partial charge >= 0.3 is 0 Å². The van der Waals surface area contributed by atoms with Crippen LogP contribution < -0.4 is 5.32 Å². The molecule has 3 nitrogen and oxygen atoms in total. The van der Waals surface area contributed by atoms with Gasteiger partial charge in [-0.3, -0.25) is 0 Å². The van der Waals surface area contributed by atoms with E-state index in [1.807, 2.05) is 12.4 Å². The minimum atomic E-state index is 0.551. The quantitative estimate of drug-likeness (QED) is 0.778. The van der Waals surface area contributed by atoms with Gasteiger partial charge in [0.2, 0.25) is 5.95 Å². The molecule has 1 aliphatic carbocycles. The van der Waals surface area contributed by atoms with E-state index < -0.39 is 0 Å². The second-order valence-corrected chi connectivity index (χ2v) is 4.26. The Bertz CT molecular complexity index is 288. The van der Waals surface area contributed by atoms with Crippen molar-refractivity contribution in [3.05, 3.63) is 12.4 Å². The third-order valence-electron chi connectivity index (χ3n) is 2.82. The van der Waals surface area contributed by atoms with Crippen LogP contribution >= 0.6 is 0 Å². The van der Waals surface area contributed by atoms with E-state index in [2.05, 4.69) is 28.7 Å². The molecule has 0 spiro atoms. The number of hydrogen-bond donors (Lipinski definition) is 1. The summed E-state index contributed by atoms with van der Waals surface area (Å²) in [6.07, 6.45) is 8.01. The number of nitrogens with one attached hydrogen (secondary N) is 1. The summed E-state index contributed by atoms with van der Waals surface area (Å²) < 4.78 is 2.14. The predicted molar refractivity (Wildman–Crippen MR) is 58.3 cm³/mol. The smallest absolute Gasteiger partial charge is 0.202 e. The van der Waals surface area contributed by atoms with Crippen LogP contribution in [0.25, 0.3) is 0 Å². The second kappa shape index (κ2) is 4.03. The zero-order chi connectivity index (χ0) is 9.97. The second-order valence-electron chi connectivity index (χ2n) is 4.26. The number of aryl methyl sites for hydroxylation is 1. The molecule has 1 aromatic rings. The van der Waals surface area contributed by atoms with Crippen molar-refractivity contribution in [2.45, 2.75) is 45.7 Å². The van der Waals surface area contributed by atoms with Crippen molar-refractivity contribution in [1.29, 1.82) is 0 Å². The van der Waals surface area contributed by atoms with Gasteiger partial charge in [0.05, 0.1) is 0 Å². The predicted octanol–water partition coefficient (Wildman–Crippen LogP) is 2.50. The molecule has 1 atom stereocenters. The molecule has 0 aliphatic heterocycles. The molecule has 1 fully saturated rings. The maximum absolute atomic E-state index is 4.31. The van der Waals surface area contributed by atoms with Gasteiger partial charge in [-0.15, -0.1) is 0 Å². The number of anilines is 1. The molecule has 1 heterocycles. The lowest BCUT2D eigenvalue weighted by molar-refractivity contribution is 0.628. The van der Waals surface area contributed by atoms with Gasteiger partial charge in [0.25, 0.3) is 0 Å². The number of aromatic nitrogens is 2. The van der Waals surface area contributed by atoms with Crippen molar-refractivity contribution >= 4 is 5.95 Å². The van der Waals surface area contributed by atoms with Crippen molar-refractivity contribution in [3.8, 4) is 0 Å². The molecule has 0 bridgehead atoms. The molecule has 0 aromatic carbocycles. The highest BCUT2D eigenvalue weighted by Crippen LogP contribution is 2.33. The molecule has 0 saturated heterocycles. The van der Waals surface area contributed by atoms with E-state index in [0.29, 0.717) is 6.04 Å². The van der Waals surface area contributed by atoms with E-state index in [0.717, 1.165) is 18.4 Å². The van der Waals surface area contributed by atoms with E-state index in [4.69, 9.17) is 0 Å². The first-order valence-corrected chi connectivity index (χ1v) is 5.57. The first-order valence-electron chi connectivity index (χ1n) is 5.57. The number of hydrogen-bond acceptors (Lipinski definition) is 2. The van der Waals surface area contributed by atoms with Gasteiger partial charge < -0.3 is 9.88 Å². The van der Waals surface area contributed by atoms with Gasteiger partial charge in [0, 0.05) is 25.0 Å². The van der Waals surface area contributed by atoms with Crippen LogP contribution in [-0.4, -0.2) is 15.6 Å². The van der Waals surface area contributed by atoms with Crippen LogP contribution in [0.4, 0.5) is 5.95 Å². The fourth-order valence-electron chi connectivity index (χ4n) is 1.84. The monoisotopic (exact) mass is 193 g/mol. The van der Waals surface area contributed by atoms with Crippen LogP contribution in [0.3, 0.4) is 0 Å². The Morgan fingerprint density at radius 3 is 3.07 bits per heavy atom. The summed E-state index contributed by atoms with van der Waals surface area (Å²) in [6.45, 7) is 5.36. The molecule has 3 heteroatoms. The van der Waals surface area contributed by atoms with Crippen molar-refractivity contribution in [2.75, 3.05) is 5.32 Å². The SMILES string of the molecule is CCn1ccnc1NC(C)CC1CC1. The first kappa shape index (κ1) is 9.56. The molecule has 1 aromatic heterocycles. The van der Waals surface area contributed by atoms with Crippen LogP contribution in [0.15, 0.2) is 12.4 Å². The van der Waals surface area contributed by atoms with Gasteiger partial charge in [-0.05, 0) is 26.2 Å². The Labute approximate surface area is 85.5 Å². The minimum absolute atomic E-state index is 0.551. The Kier molecular flexibility index (Phi) is 2.75. The average molecular weight is 193 g/mol. The van der Waals surface area contributed by atoms with Crippen molar-refractivity contribution in [2.24, 2.45) is 5.92 Å². The highest BCUT2D eigenvalue weighted by atomic mass is 15.2. The Morgan fingerprint density at radius 1 is 1.64 bits per heavy atom. The maximum Gasteiger partial charge on any atom is 0.202 e.